The van der Waals surface area contributed by atoms with Crippen LogP contribution in [0.25, 0.3) is 0 Å². The molecule has 0 spiro atoms. The van der Waals surface area contributed by atoms with Crippen molar-refractivity contribution in [2.45, 2.75) is 31.7 Å². The second kappa shape index (κ2) is 4.63. The molecule has 3 atom stereocenters. The molecule has 0 aromatic carbocycles. The van der Waals surface area contributed by atoms with Crippen LogP contribution in [-0.2, 0) is 4.74 Å². The van der Waals surface area contributed by atoms with Crippen LogP contribution in [-0.4, -0.2) is 42.3 Å². The van der Waals surface area contributed by atoms with Gasteiger partial charge in [0.25, 0.3) is 0 Å². The molecule has 15 heavy (non-hydrogen) atoms. The van der Waals surface area contributed by atoms with Crippen molar-refractivity contribution >= 4 is 6.72 Å². The molecule has 2 rings (SSSR count). The Morgan fingerprint density at radius 2 is 2.40 bits per heavy atom. The topological polar surface area (TPSA) is 39.9 Å². The molecule has 0 aromatic rings. The number of hydrogen-bond acceptors (Lipinski definition) is 5. The summed E-state index contributed by atoms with van der Waals surface area (Å²) < 4.78 is 5.70. The number of hydrazine groups is 1. The van der Waals surface area contributed by atoms with Crippen LogP contribution in [0.5, 0.6) is 0 Å². The lowest BCUT2D eigenvalue weighted by Crippen LogP contribution is -2.41. The Morgan fingerprint density at radius 3 is 3.00 bits per heavy atom. The first kappa shape index (κ1) is 10.4. The van der Waals surface area contributed by atoms with Gasteiger partial charge in [-0.25, -0.2) is 0 Å². The molecule has 0 radical (unpaired) electrons. The number of nitrogens with zero attached hydrogens (tertiary/aromatic N) is 3. The molecule has 2 saturated heterocycles. The van der Waals surface area contributed by atoms with Crippen molar-refractivity contribution in [3.63, 3.8) is 0 Å². The van der Waals surface area contributed by atoms with E-state index in [9.17, 15) is 0 Å². The van der Waals surface area contributed by atoms with E-state index in [2.05, 4.69) is 33.8 Å². The highest BCUT2D eigenvalue weighted by atomic mass is 16.5. The van der Waals surface area contributed by atoms with Gasteiger partial charge in [0.05, 0.1) is 6.54 Å². The van der Waals surface area contributed by atoms with Crippen LogP contribution >= 0.6 is 0 Å². The average molecular weight is 210 g/mol. The zero-order valence-corrected chi connectivity index (χ0v) is 8.93. The number of ether oxygens (including phenoxy) is 1. The Labute approximate surface area is 90.3 Å². The van der Waals surface area contributed by atoms with Gasteiger partial charge >= 0.3 is 0 Å². The van der Waals surface area contributed by atoms with Crippen molar-refractivity contribution < 1.29 is 4.74 Å². The van der Waals surface area contributed by atoms with Gasteiger partial charge in [-0.15, -0.1) is 0 Å². The summed E-state index contributed by atoms with van der Waals surface area (Å²) in [5.41, 5.74) is 2.92. The molecule has 2 aliphatic rings. The first-order valence-corrected chi connectivity index (χ1v) is 5.37. The fourth-order valence-corrected chi connectivity index (χ4v) is 1.92. The summed E-state index contributed by atoms with van der Waals surface area (Å²) in [6.07, 6.45) is 5.68. The molecular weight excluding hydrogens is 192 g/mol. The van der Waals surface area contributed by atoms with Crippen molar-refractivity contribution in [2.24, 2.45) is 5.10 Å². The van der Waals surface area contributed by atoms with Gasteiger partial charge in [0.1, 0.15) is 12.4 Å². The van der Waals surface area contributed by atoms with Crippen LogP contribution in [0.1, 0.15) is 19.3 Å². The third kappa shape index (κ3) is 2.30. The highest BCUT2D eigenvalue weighted by Gasteiger charge is 2.41. The first-order chi connectivity index (χ1) is 7.36. The van der Waals surface area contributed by atoms with E-state index in [0.717, 1.165) is 26.0 Å². The maximum Gasteiger partial charge on any atom is 0.143 e. The fraction of sp³-hybridized carbons (Fsp3) is 0.700. The lowest BCUT2D eigenvalue weighted by Gasteiger charge is -2.33. The maximum absolute atomic E-state index is 5.70. The molecule has 3 unspecified atom stereocenters. The van der Waals surface area contributed by atoms with Crippen LogP contribution in [0.2, 0.25) is 0 Å². The minimum absolute atomic E-state index is 0.146. The van der Waals surface area contributed by atoms with E-state index < -0.39 is 0 Å². The molecule has 5 heteroatoms. The van der Waals surface area contributed by atoms with Crippen LogP contribution in [0.4, 0.5) is 0 Å². The first-order valence-electron chi connectivity index (χ1n) is 5.37. The Balaban J connectivity index is 1.87. The molecule has 2 aliphatic heterocycles. The van der Waals surface area contributed by atoms with E-state index in [-0.39, 0.29) is 12.4 Å². The second-order valence-electron chi connectivity index (χ2n) is 3.81. The summed E-state index contributed by atoms with van der Waals surface area (Å²) in [4.78, 5) is 0. The Morgan fingerprint density at radius 1 is 1.53 bits per heavy atom. The summed E-state index contributed by atoms with van der Waals surface area (Å²) in [7, 11) is 0. The quantitative estimate of drug-likeness (QED) is 0.412. The van der Waals surface area contributed by atoms with Crippen molar-refractivity contribution in [3.8, 4) is 0 Å². The van der Waals surface area contributed by atoms with E-state index >= 15 is 0 Å². The van der Waals surface area contributed by atoms with Gasteiger partial charge in [-0.05, 0) is 19.3 Å². The van der Waals surface area contributed by atoms with E-state index in [0.29, 0.717) is 0 Å². The lowest BCUT2D eigenvalue weighted by molar-refractivity contribution is -0.120. The van der Waals surface area contributed by atoms with Crippen LogP contribution in [0, 0.1) is 0 Å². The van der Waals surface area contributed by atoms with Crippen LogP contribution in [0.15, 0.2) is 17.9 Å². The molecule has 2 heterocycles. The fourth-order valence-electron chi connectivity index (χ4n) is 1.92. The van der Waals surface area contributed by atoms with Crippen LogP contribution < -0.4 is 5.43 Å². The van der Waals surface area contributed by atoms with Crippen molar-refractivity contribution in [2.75, 3.05) is 13.2 Å². The maximum atomic E-state index is 5.70. The zero-order valence-electron chi connectivity index (χ0n) is 8.93. The lowest BCUT2D eigenvalue weighted by atomic mass is 10.2. The SMILES string of the molecule is C=CN(C1CCCCO1)N1CC1NN=C. The van der Waals surface area contributed by atoms with Gasteiger partial charge in [-0.2, -0.15) is 10.1 Å². The monoisotopic (exact) mass is 210 g/mol. The Hall–Kier alpha value is -1.07. The third-order valence-corrected chi connectivity index (χ3v) is 2.76. The molecule has 0 aliphatic carbocycles. The second-order valence-corrected chi connectivity index (χ2v) is 3.81. The summed E-state index contributed by atoms with van der Waals surface area (Å²) in [5.74, 6) is 0. The molecule has 1 N–H and O–H groups in total. The zero-order chi connectivity index (χ0) is 10.7. The highest BCUT2D eigenvalue weighted by Crippen LogP contribution is 2.25. The van der Waals surface area contributed by atoms with Gasteiger partial charge in [0.2, 0.25) is 0 Å². The highest BCUT2D eigenvalue weighted by molar-refractivity contribution is 5.22. The Bertz CT molecular complexity index is 240. The molecule has 0 saturated carbocycles. The van der Waals surface area contributed by atoms with Gasteiger partial charge in [-0.1, -0.05) is 6.58 Å². The standard InChI is InChI=1S/C10H18N4O/c1-3-13(10-6-4-5-7-15-10)14-8-9(14)12-11-2/h3,9-10,12H,1-2,4-8H2. The molecule has 0 aromatic heterocycles. The minimum Gasteiger partial charge on any atom is -0.357 e. The van der Waals surface area contributed by atoms with E-state index in [1.807, 2.05) is 6.20 Å². The van der Waals surface area contributed by atoms with Crippen molar-refractivity contribution in [1.82, 2.24) is 15.4 Å². The van der Waals surface area contributed by atoms with Gasteiger partial charge in [0.15, 0.2) is 0 Å². The molecule has 0 bridgehead atoms. The number of hydrazone groups is 1. The number of rotatable bonds is 5. The molecule has 2 fully saturated rings. The van der Waals surface area contributed by atoms with Gasteiger partial charge < -0.3 is 4.74 Å². The summed E-state index contributed by atoms with van der Waals surface area (Å²) in [6.45, 7) is 9.02. The predicted molar refractivity (Wildman–Crippen MR) is 58.8 cm³/mol. The van der Waals surface area contributed by atoms with Gasteiger partial charge in [0, 0.05) is 19.5 Å². The molecular formula is C10H18N4O. The third-order valence-electron chi connectivity index (χ3n) is 2.76. The molecule has 0 amide bonds. The Kier molecular flexibility index (Phi) is 3.23. The number of nitrogens with one attached hydrogen (secondary N) is 1. The van der Waals surface area contributed by atoms with Crippen molar-refractivity contribution in [1.29, 1.82) is 0 Å². The smallest absolute Gasteiger partial charge is 0.143 e. The summed E-state index contributed by atoms with van der Waals surface area (Å²) >= 11 is 0. The number of hydrogen-bond donors (Lipinski definition) is 1. The van der Waals surface area contributed by atoms with E-state index in [1.165, 1.54) is 6.42 Å². The summed E-state index contributed by atoms with van der Waals surface area (Å²) in [5, 5.41) is 7.86. The normalized spacial score (nSPS) is 34.3. The van der Waals surface area contributed by atoms with Crippen LogP contribution in [0.3, 0.4) is 0 Å². The minimum atomic E-state index is 0.146. The van der Waals surface area contributed by atoms with Gasteiger partial charge in [-0.3, -0.25) is 10.4 Å². The van der Waals surface area contributed by atoms with E-state index in [4.69, 9.17) is 4.74 Å². The molecule has 84 valence electrons. The van der Waals surface area contributed by atoms with E-state index in [1.54, 1.807) is 0 Å². The predicted octanol–water partition coefficient (Wildman–Crippen LogP) is 0.720. The summed E-state index contributed by atoms with van der Waals surface area (Å²) in [6, 6.07) is 0. The molecule has 5 nitrogen and oxygen atoms in total. The van der Waals surface area contributed by atoms with Crippen molar-refractivity contribution in [3.05, 3.63) is 12.8 Å². The largest absolute Gasteiger partial charge is 0.357 e. The average Bonchev–Trinajstić information content (AvgIpc) is 3.01.